The van der Waals surface area contributed by atoms with E-state index in [1.807, 2.05) is 0 Å². The van der Waals surface area contributed by atoms with Crippen LogP contribution in [0.3, 0.4) is 0 Å². The summed E-state index contributed by atoms with van der Waals surface area (Å²) >= 11 is 0. The standard InChI is InChI=1S/C24H23FN4O6S/c25-18-3-7-20(8-4-18)35-19-5-1-17(2-6-19)24(15-22(30)28-32)9-12-29(13-14-36(24,33)34)23(31)21-16-26-10-11-27-21/h1-8,10-11,16,32H,9,12-15H2,(H,28,30). The Kier molecular flexibility index (Phi) is 7.27. The van der Waals surface area contributed by atoms with Gasteiger partial charge in [-0.1, -0.05) is 12.1 Å². The summed E-state index contributed by atoms with van der Waals surface area (Å²) in [6.07, 6.45) is 3.46. The zero-order chi connectivity index (χ0) is 25.8. The maximum absolute atomic E-state index is 13.6. The Balaban J connectivity index is 1.65. The van der Waals surface area contributed by atoms with Crippen LogP contribution >= 0.6 is 0 Å². The van der Waals surface area contributed by atoms with Gasteiger partial charge in [0.25, 0.3) is 5.91 Å². The number of carbonyl (C=O) groups excluding carboxylic acids is 2. The lowest BCUT2D eigenvalue weighted by Gasteiger charge is -2.32. The number of halogens is 1. The number of nitrogens with one attached hydrogen (secondary N) is 1. The van der Waals surface area contributed by atoms with Crippen molar-refractivity contribution in [2.24, 2.45) is 0 Å². The first-order valence-corrected chi connectivity index (χ1v) is 12.6. The number of rotatable bonds is 6. The number of ether oxygens (including phenoxy) is 1. The topological polar surface area (TPSA) is 139 Å². The normalized spacial score (nSPS) is 19.2. The van der Waals surface area contributed by atoms with Crippen LogP contribution in [0.15, 0.2) is 67.1 Å². The highest BCUT2D eigenvalue weighted by Gasteiger charge is 2.49. The number of carbonyl (C=O) groups is 2. The Hall–Kier alpha value is -3.90. The largest absolute Gasteiger partial charge is 0.457 e. The van der Waals surface area contributed by atoms with Gasteiger partial charge in [0, 0.05) is 25.5 Å². The summed E-state index contributed by atoms with van der Waals surface area (Å²) in [6, 6.07) is 11.5. The first kappa shape index (κ1) is 25.2. The fraction of sp³-hybridized carbons (Fsp3) is 0.250. The Morgan fingerprint density at radius 2 is 1.72 bits per heavy atom. The van der Waals surface area contributed by atoms with E-state index in [-0.39, 0.29) is 25.2 Å². The summed E-state index contributed by atoms with van der Waals surface area (Å²) in [5.41, 5.74) is 1.91. The van der Waals surface area contributed by atoms with E-state index in [2.05, 4.69) is 9.97 Å². The van der Waals surface area contributed by atoms with Crippen LogP contribution in [-0.2, 0) is 19.4 Å². The smallest absolute Gasteiger partial charge is 0.274 e. The fourth-order valence-electron chi connectivity index (χ4n) is 4.17. The maximum atomic E-state index is 13.6. The van der Waals surface area contributed by atoms with Crippen molar-refractivity contribution in [3.63, 3.8) is 0 Å². The van der Waals surface area contributed by atoms with Gasteiger partial charge in [0.1, 0.15) is 27.8 Å². The van der Waals surface area contributed by atoms with Crippen molar-refractivity contribution in [2.75, 3.05) is 18.8 Å². The average molecular weight is 515 g/mol. The molecule has 1 unspecified atom stereocenters. The van der Waals surface area contributed by atoms with Crippen molar-refractivity contribution in [3.8, 4) is 11.5 Å². The minimum absolute atomic E-state index is 0.0289. The highest BCUT2D eigenvalue weighted by Crippen LogP contribution is 2.41. The summed E-state index contributed by atoms with van der Waals surface area (Å²) in [5.74, 6) is -1.39. The van der Waals surface area contributed by atoms with Crippen molar-refractivity contribution in [3.05, 3.63) is 84.2 Å². The highest BCUT2D eigenvalue weighted by molar-refractivity contribution is 7.92. The van der Waals surface area contributed by atoms with Gasteiger partial charge >= 0.3 is 0 Å². The lowest BCUT2D eigenvalue weighted by molar-refractivity contribution is -0.130. The second kappa shape index (κ2) is 10.4. The first-order chi connectivity index (χ1) is 17.2. The molecule has 0 radical (unpaired) electrons. The number of sulfone groups is 1. The van der Waals surface area contributed by atoms with E-state index in [0.717, 1.165) is 0 Å². The molecule has 2 heterocycles. The predicted molar refractivity (Wildman–Crippen MR) is 125 cm³/mol. The van der Waals surface area contributed by atoms with Gasteiger partial charge in [0.15, 0.2) is 9.84 Å². The molecule has 10 nitrogen and oxygen atoms in total. The predicted octanol–water partition coefficient (Wildman–Crippen LogP) is 2.46. The van der Waals surface area contributed by atoms with E-state index < -0.39 is 44.4 Å². The molecule has 0 aliphatic carbocycles. The number of hydroxylamine groups is 1. The monoisotopic (exact) mass is 514 g/mol. The van der Waals surface area contributed by atoms with Gasteiger partial charge in [-0.05, 0) is 48.4 Å². The molecule has 12 heteroatoms. The number of hydrogen-bond acceptors (Lipinski definition) is 8. The van der Waals surface area contributed by atoms with E-state index >= 15 is 0 Å². The molecule has 1 aliphatic rings. The van der Waals surface area contributed by atoms with E-state index in [1.54, 1.807) is 12.1 Å². The molecule has 4 rings (SSSR count). The second-order valence-electron chi connectivity index (χ2n) is 8.24. The molecule has 0 saturated carbocycles. The third-order valence-corrected chi connectivity index (χ3v) is 8.58. The highest BCUT2D eigenvalue weighted by atomic mass is 32.2. The summed E-state index contributed by atoms with van der Waals surface area (Å²) in [4.78, 5) is 34.4. The SMILES string of the molecule is O=C(CC1(c2ccc(Oc3ccc(F)cc3)cc2)CCN(C(=O)c2cnccn2)CCS1(=O)=O)NO. The molecule has 1 aliphatic heterocycles. The molecule has 1 fully saturated rings. The van der Waals surface area contributed by atoms with Gasteiger partial charge in [-0.2, -0.15) is 0 Å². The van der Waals surface area contributed by atoms with Gasteiger partial charge in [0.05, 0.1) is 18.4 Å². The van der Waals surface area contributed by atoms with E-state index in [1.165, 1.54) is 65.4 Å². The second-order valence-corrected chi connectivity index (χ2v) is 10.7. The van der Waals surface area contributed by atoms with E-state index in [9.17, 15) is 22.4 Å². The summed E-state index contributed by atoms with van der Waals surface area (Å²) < 4.78 is 44.3. The number of nitrogens with zero attached hydrogens (tertiary/aromatic N) is 3. The van der Waals surface area contributed by atoms with Gasteiger partial charge in [-0.3, -0.25) is 19.8 Å². The third kappa shape index (κ3) is 5.19. The molecule has 3 aromatic rings. The Bertz CT molecular complexity index is 1340. The van der Waals surface area contributed by atoms with Crippen molar-refractivity contribution in [1.82, 2.24) is 20.3 Å². The van der Waals surface area contributed by atoms with Crippen LogP contribution in [-0.4, -0.2) is 59.1 Å². The summed E-state index contributed by atoms with van der Waals surface area (Å²) in [5, 5.41) is 9.16. The van der Waals surface area contributed by atoms with Crippen molar-refractivity contribution in [1.29, 1.82) is 0 Å². The number of aromatic nitrogens is 2. The molecular weight excluding hydrogens is 491 g/mol. The van der Waals surface area contributed by atoms with Gasteiger partial charge in [-0.25, -0.2) is 23.3 Å². The summed E-state index contributed by atoms with van der Waals surface area (Å²) in [6.45, 7) is -0.0623. The van der Waals surface area contributed by atoms with Gasteiger partial charge in [0.2, 0.25) is 5.91 Å². The fourth-order valence-corrected chi connectivity index (χ4v) is 6.27. The molecule has 36 heavy (non-hydrogen) atoms. The molecule has 188 valence electrons. The molecule has 2 N–H and O–H groups in total. The Morgan fingerprint density at radius 3 is 2.33 bits per heavy atom. The number of benzene rings is 2. The molecule has 2 amide bonds. The minimum Gasteiger partial charge on any atom is -0.457 e. The quantitative estimate of drug-likeness (QED) is 0.378. The zero-order valence-electron chi connectivity index (χ0n) is 19.0. The molecule has 2 aromatic carbocycles. The van der Waals surface area contributed by atoms with Crippen molar-refractivity contribution >= 4 is 21.7 Å². The van der Waals surface area contributed by atoms with Crippen molar-refractivity contribution in [2.45, 2.75) is 17.6 Å². The minimum atomic E-state index is -3.99. The first-order valence-electron chi connectivity index (χ1n) is 11.0. The summed E-state index contributed by atoms with van der Waals surface area (Å²) in [7, 11) is -3.99. The van der Waals surface area contributed by atoms with Crippen LogP contribution in [0.4, 0.5) is 4.39 Å². The van der Waals surface area contributed by atoms with Crippen LogP contribution in [0.5, 0.6) is 11.5 Å². The molecular formula is C24H23FN4O6S. The Labute approximate surface area is 206 Å². The van der Waals surface area contributed by atoms with Crippen LogP contribution in [0.2, 0.25) is 0 Å². The molecule has 1 aromatic heterocycles. The van der Waals surface area contributed by atoms with Gasteiger partial charge < -0.3 is 9.64 Å². The van der Waals surface area contributed by atoms with Crippen LogP contribution < -0.4 is 10.2 Å². The van der Waals surface area contributed by atoms with Gasteiger partial charge in [-0.15, -0.1) is 0 Å². The van der Waals surface area contributed by atoms with Crippen LogP contribution in [0.25, 0.3) is 0 Å². The molecule has 0 bridgehead atoms. The third-order valence-electron chi connectivity index (χ3n) is 6.08. The molecule has 1 saturated heterocycles. The molecule has 1 atom stereocenters. The maximum Gasteiger partial charge on any atom is 0.274 e. The Morgan fingerprint density at radius 1 is 1.06 bits per heavy atom. The lowest BCUT2D eigenvalue weighted by Crippen LogP contribution is -2.42. The lowest BCUT2D eigenvalue weighted by atomic mass is 9.90. The van der Waals surface area contributed by atoms with E-state index in [0.29, 0.717) is 17.1 Å². The molecule has 0 spiro atoms. The van der Waals surface area contributed by atoms with Crippen molar-refractivity contribution < 1.29 is 32.3 Å². The number of amides is 2. The average Bonchev–Trinajstić information content (AvgIpc) is 3.02. The zero-order valence-corrected chi connectivity index (χ0v) is 19.8. The van der Waals surface area contributed by atoms with Crippen LogP contribution in [0.1, 0.15) is 28.9 Å². The van der Waals surface area contributed by atoms with Crippen LogP contribution in [0, 0.1) is 5.82 Å². The number of hydrogen-bond donors (Lipinski definition) is 2. The van der Waals surface area contributed by atoms with E-state index in [4.69, 9.17) is 9.94 Å².